The smallest absolute Gasteiger partial charge is 0.242 e. The highest BCUT2D eigenvalue weighted by Gasteiger charge is 2.42. The van der Waals surface area contributed by atoms with Crippen molar-refractivity contribution in [3.8, 4) is 0 Å². The van der Waals surface area contributed by atoms with Gasteiger partial charge in [0.1, 0.15) is 5.01 Å². The summed E-state index contributed by atoms with van der Waals surface area (Å²) in [5.41, 5.74) is 7.59. The number of nitrogen functional groups attached to an aromatic ring is 1. The van der Waals surface area contributed by atoms with Crippen LogP contribution in [0.25, 0.3) is 0 Å². The maximum atomic E-state index is 14.1. The normalized spacial score (nSPS) is 21.2. The summed E-state index contributed by atoms with van der Waals surface area (Å²) >= 11 is 1.49. The SMILES string of the molecule is CCC(C)C(C(CC(=O)N1CCCC1C(OC)C(C)C(=O)NC(Cc1ccc(N)cc1)c1nccs1)OC)N(C)C(=O)CNC(=O)C1CCCN1C. The minimum Gasteiger partial charge on any atom is -0.399 e. The Morgan fingerprint density at radius 3 is 2.38 bits per heavy atom. The number of likely N-dealkylation sites (tertiary alicyclic amines) is 2. The summed E-state index contributed by atoms with van der Waals surface area (Å²) in [5.74, 6) is -1.21. The van der Waals surface area contributed by atoms with Crippen molar-refractivity contribution >= 4 is 40.7 Å². The molecule has 2 aliphatic heterocycles. The van der Waals surface area contributed by atoms with Crippen molar-refractivity contribution in [2.24, 2.45) is 11.8 Å². The molecular formula is C38H59N7O6S. The van der Waals surface area contributed by atoms with Crippen molar-refractivity contribution in [3.05, 3.63) is 46.4 Å². The molecule has 2 saturated heterocycles. The van der Waals surface area contributed by atoms with E-state index in [4.69, 9.17) is 15.2 Å². The van der Waals surface area contributed by atoms with Gasteiger partial charge < -0.3 is 35.6 Å². The number of hydrogen-bond acceptors (Lipinski definition) is 10. The summed E-state index contributed by atoms with van der Waals surface area (Å²) in [7, 11) is 6.79. The minimum atomic E-state index is -0.580. The first-order valence-corrected chi connectivity index (χ1v) is 19.4. The van der Waals surface area contributed by atoms with E-state index in [2.05, 4.69) is 15.6 Å². The first-order chi connectivity index (χ1) is 24.9. The van der Waals surface area contributed by atoms with Crippen LogP contribution in [0.1, 0.15) is 75.9 Å². The number of benzene rings is 1. The topological polar surface area (TPSA) is 159 Å². The van der Waals surface area contributed by atoms with Gasteiger partial charge in [0, 0.05) is 45.1 Å². The zero-order chi connectivity index (χ0) is 37.9. The predicted molar refractivity (Wildman–Crippen MR) is 202 cm³/mol. The van der Waals surface area contributed by atoms with Crippen LogP contribution in [-0.4, -0.2) is 122 Å². The Morgan fingerprint density at radius 1 is 1.08 bits per heavy atom. The largest absolute Gasteiger partial charge is 0.399 e. The molecule has 2 aliphatic rings. The molecule has 1 aromatic heterocycles. The second kappa shape index (κ2) is 19.5. The Bertz CT molecular complexity index is 1460. The van der Waals surface area contributed by atoms with Crippen molar-refractivity contribution < 1.29 is 28.7 Å². The lowest BCUT2D eigenvalue weighted by atomic mass is 9.90. The molecule has 2 fully saturated rings. The van der Waals surface area contributed by atoms with E-state index in [0.717, 1.165) is 42.8 Å². The molecule has 0 bridgehead atoms. The van der Waals surface area contributed by atoms with Gasteiger partial charge >= 0.3 is 0 Å². The number of hydrogen-bond donors (Lipinski definition) is 3. The third kappa shape index (κ3) is 10.3. The van der Waals surface area contributed by atoms with Crippen LogP contribution >= 0.6 is 11.3 Å². The molecule has 4 N–H and O–H groups in total. The van der Waals surface area contributed by atoms with E-state index < -0.39 is 24.2 Å². The quantitative estimate of drug-likeness (QED) is 0.195. The maximum Gasteiger partial charge on any atom is 0.242 e. The second-order valence-corrected chi connectivity index (χ2v) is 15.3. The average Bonchev–Trinajstić information content (AvgIpc) is 3.94. The van der Waals surface area contributed by atoms with Gasteiger partial charge in [0.05, 0.1) is 55.3 Å². The van der Waals surface area contributed by atoms with Crippen LogP contribution in [0, 0.1) is 11.8 Å². The fourth-order valence-corrected chi connectivity index (χ4v) is 8.46. The number of anilines is 1. The fourth-order valence-electron chi connectivity index (χ4n) is 7.77. The Kier molecular flexibility index (Phi) is 15.4. The molecule has 4 rings (SSSR count). The highest BCUT2D eigenvalue weighted by molar-refractivity contribution is 7.09. The summed E-state index contributed by atoms with van der Waals surface area (Å²) < 4.78 is 11.9. The van der Waals surface area contributed by atoms with Crippen LogP contribution in [0.2, 0.25) is 0 Å². The highest BCUT2D eigenvalue weighted by atomic mass is 32.1. The molecule has 0 radical (unpaired) electrons. The zero-order valence-corrected chi connectivity index (χ0v) is 32.7. The number of ether oxygens (including phenoxy) is 2. The number of amides is 4. The molecule has 0 aliphatic carbocycles. The molecule has 14 heteroatoms. The van der Waals surface area contributed by atoms with Gasteiger partial charge in [-0.05, 0) is 69.3 Å². The molecular weight excluding hydrogens is 683 g/mol. The van der Waals surface area contributed by atoms with Gasteiger partial charge in [0.25, 0.3) is 0 Å². The molecule has 0 saturated carbocycles. The van der Waals surface area contributed by atoms with Crippen molar-refractivity contribution in [1.29, 1.82) is 0 Å². The van der Waals surface area contributed by atoms with Crippen LogP contribution in [0.15, 0.2) is 35.8 Å². The van der Waals surface area contributed by atoms with E-state index >= 15 is 0 Å². The number of nitrogens with one attached hydrogen (secondary N) is 2. The van der Waals surface area contributed by atoms with Gasteiger partial charge in [-0.1, -0.05) is 39.3 Å². The van der Waals surface area contributed by atoms with E-state index in [0.29, 0.717) is 25.1 Å². The number of aromatic nitrogens is 1. The molecule has 288 valence electrons. The predicted octanol–water partition coefficient (Wildman–Crippen LogP) is 3.26. The van der Waals surface area contributed by atoms with Gasteiger partial charge in [-0.15, -0.1) is 11.3 Å². The summed E-state index contributed by atoms with van der Waals surface area (Å²) in [5, 5.41) is 8.73. The highest BCUT2D eigenvalue weighted by Crippen LogP contribution is 2.30. The molecule has 13 nitrogen and oxygen atoms in total. The monoisotopic (exact) mass is 741 g/mol. The van der Waals surface area contributed by atoms with E-state index in [9.17, 15) is 19.2 Å². The second-order valence-electron chi connectivity index (χ2n) is 14.4. The standard InChI is InChI=1S/C38H59N7O6S/c1-8-24(2)34(44(5)33(47)23-41-37(49)30-12-9-18-43(30)4)31(50-6)22-32(46)45-19-10-11-29(45)35(51-7)25(3)36(48)42-28(38-40-17-20-52-38)21-26-13-15-27(39)16-14-26/h13-17,20,24-25,28-31,34-35H,8-12,18-19,21-23,39H2,1-7H3,(H,41,49)(H,42,48). The first kappa shape index (κ1) is 41.2. The van der Waals surface area contributed by atoms with Gasteiger partial charge in [-0.25, -0.2) is 4.98 Å². The zero-order valence-electron chi connectivity index (χ0n) is 31.9. The number of rotatable bonds is 18. The van der Waals surface area contributed by atoms with Crippen LogP contribution in [0.5, 0.6) is 0 Å². The Balaban J connectivity index is 1.42. The molecule has 4 amide bonds. The van der Waals surface area contributed by atoms with Crippen LogP contribution < -0.4 is 16.4 Å². The number of nitrogens with two attached hydrogens (primary N) is 1. The van der Waals surface area contributed by atoms with E-state index in [-0.39, 0.29) is 60.6 Å². The van der Waals surface area contributed by atoms with Crippen molar-refractivity contribution in [2.75, 3.05) is 53.7 Å². The Labute approximate surface area is 313 Å². The summed E-state index contributed by atoms with van der Waals surface area (Å²) in [6.07, 6.45) is 5.19. The van der Waals surface area contributed by atoms with Crippen molar-refractivity contribution in [2.45, 2.75) is 102 Å². The summed E-state index contributed by atoms with van der Waals surface area (Å²) in [6.45, 7) is 7.21. The van der Waals surface area contributed by atoms with Gasteiger partial charge in [0.2, 0.25) is 23.6 Å². The summed E-state index contributed by atoms with van der Waals surface area (Å²) in [6, 6.07) is 6.32. The summed E-state index contributed by atoms with van der Waals surface area (Å²) in [4.78, 5) is 64.1. The third-order valence-corrected chi connectivity index (χ3v) is 11.9. The average molecular weight is 742 g/mol. The Hall–Kier alpha value is -3.59. The number of carbonyl (C=O) groups is 4. The lowest BCUT2D eigenvalue weighted by Gasteiger charge is -2.39. The molecule has 3 heterocycles. The third-order valence-electron chi connectivity index (χ3n) is 11.0. The molecule has 0 spiro atoms. The number of carbonyl (C=O) groups excluding carboxylic acids is 4. The molecule has 8 unspecified atom stereocenters. The van der Waals surface area contributed by atoms with Crippen molar-refractivity contribution in [3.63, 3.8) is 0 Å². The molecule has 52 heavy (non-hydrogen) atoms. The number of thiazole rings is 1. The lowest BCUT2D eigenvalue weighted by Crippen LogP contribution is -2.54. The molecule has 1 aromatic carbocycles. The number of likely N-dealkylation sites (N-methyl/N-ethyl adjacent to an activating group) is 2. The molecule has 8 atom stereocenters. The maximum absolute atomic E-state index is 14.1. The fraction of sp³-hybridized carbons (Fsp3) is 0.658. The van der Waals surface area contributed by atoms with Crippen LogP contribution in [0.4, 0.5) is 5.69 Å². The van der Waals surface area contributed by atoms with E-state index in [1.807, 2.05) is 67.3 Å². The van der Waals surface area contributed by atoms with E-state index in [1.54, 1.807) is 32.4 Å². The van der Waals surface area contributed by atoms with Crippen molar-refractivity contribution in [1.82, 2.24) is 30.3 Å². The van der Waals surface area contributed by atoms with E-state index in [1.165, 1.54) is 11.3 Å². The van der Waals surface area contributed by atoms with Crippen LogP contribution in [0.3, 0.4) is 0 Å². The first-order valence-electron chi connectivity index (χ1n) is 18.5. The van der Waals surface area contributed by atoms with Crippen LogP contribution in [-0.2, 0) is 35.1 Å². The van der Waals surface area contributed by atoms with Gasteiger partial charge in [-0.3, -0.25) is 24.1 Å². The van der Waals surface area contributed by atoms with Gasteiger partial charge in [-0.2, -0.15) is 0 Å². The minimum absolute atomic E-state index is 0.0206. The number of nitrogens with zero attached hydrogens (tertiary/aromatic N) is 4. The lowest BCUT2D eigenvalue weighted by molar-refractivity contribution is -0.146. The molecule has 2 aromatic rings. The number of methoxy groups -OCH3 is 2. The van der Waals surface area contributed by atoms with Gasteiger partial charge in [0.15, 0.2) is 0 Å². The Morgan fingerprint density at radius 2 is 1.79 bits per heavy atom.